The fourth-order valence-corrected chi connectivity index (χ4v) is 2.17. The highest BCUT2D eigenvalue weighted by atomic mass is 35.5. The third kappa shape index (κ3) is 6.48. The van der Waals surface area contributed by atoms with Gasteiger partial charge < -0.3 is 10.1 Å². The Morgan fingerprint density at radius 1 is 1.38 bits per heavy atom. The van der Waals surface area contributed by atoms with Crippen LogP contribution in [-0.2, 0) is 0 Å². The number of ether oxygens (including phenoxy) is 1. The van der Waals surface area contributed by atoms with Gasteiger partial charge in [-0.15, -0.1) is 24.8 Å². The minimum absolute atomic E-state index is 0. The molecule has 2 rings (SSSR count). The van der Waals surface area contributed by atoms with E-state index in [1.54, 1.807) is 12.1 Å². The molecule has 1 atom stereocenters. The monoisotopic (exact) mass is 337 g/mol. The molecular formula is C13H21Cl2N3O3. The molecule has 1 aliphatic rings. The van der Waals surface area contributed by atoms with Gasteiger partial charge in [-0.05, 0) is 19.1 Å². The van der Waals surface area contributed by atoms with Crippen LogP contribution in [0.25, 0.3) is 0 Å². The van der Waals surface area contributed by atoms with Gasteiger partial charge in [-0.3, -0.25) is 15.0 Å². The highest BCUT2D eigenvalue weighted by Gasteiger charge is 2.14. The van der Waals surface area contributed by atoms with Crippen LogP contribution in [0.4, 0.5) is 5.69 Å². The maximum absolute atomic E-state index is 10.5. The molecule has 1 aromatic carbocycles. The lowest BCUT2D eigenvalue weighted by molar-refractivity contribution is -0.384. The van der Waals surface area contributed by atoms with Crippen molar-refractivity contribution in [3.8, 4) is 5.75 Å². The standard InChI is InChI=1S/C13H19N3O3.2ClH/c1-11-10-15(7-6-14-11)8-9-19-13-4-2-12(3-5-13)16(17)18;;/h2-5,11,14H,6-10H2,1H3;2*1H/t11-;;/m0../s1. The summed E-state index contributed by atoms with van der Waals surface area (Å²) < 4.78 is 5.59. The molecular weight excluding hydrogens is 317 g/mol. The number of nitrogens with one attached hydrogen (secondary N) is 1. The van der Waals surface area contributed by atoms with Gasteiger partial charge in [0.2, 0.25) is 0 Å². The second-order valence-electron chi connectivity index (χ2n) is 4.76. The zero-order chi connectivity index (χ0) is 13.7. The Bertz CT molecular complexity index is 431. The third-order valence-electron chi connectivity index (χ3n) is 3.18. The van der Waals surface area contributed by atoms with Gasteiger partial charge in [-0.2, -0.15) is 0 Å². The summed E-state index contributed by atoms with van der Waals surface area (Å²) in [6.45, 7) is 6.73. The quantitative estimate of drug-likeness (QED) is 0.658. The van der Waals surface area contributed by atoms with Crippen LogP contribution in [0, 0.1) is 10.1 Å². The van der Waals surface area contributed by atoms with Crippen LogP contribution in [0.2, 0.25) is 0 Å². The highest BCUT2D eigenvalue weighted by Crippen LogP contribution is 2.17. The van der Waals surface area contributed by atoms with Gasteiger partial charge in [0.1, 0.15) is 12.4 Å². The van der Waals surface area contributed by atoms with Crippen LogP contribution in [0.5, 0.6) is 5.75 Å². The molecule has 0 aromatic heterocycles. The van der Waals surface area contributed by atoms with Crippen molar-refractivity contribution in [3.05, 3.63) is 34.4 Å². The van der Waals surface area contributed by atoms with E-state index in [0.29, 0.717) is 18.4 Å². The molecule has 1 saturated heterocycles. The zero-order valence-electron chi connectivity index (χ0n) is 11.9. The van der Waals surface area contributed by atoms with E-state index in [-0.39, 0.29) is 30.5 Å². The molecule has 21 heavy (non-hydrogen) atoms. The smallest absolute Gasteiger partial charge is 0.269 e. The van der Waals surface area contributed by atoms with E-state index in [2.05, 4.69) is 17.1 Å². The average molecular weight is 338 g/mol. The van der Waals surface area contributed by atoms with E-state index < -0.39 is 4.92 Å². The molecule has 8 heteroatoms. The summed E-state index contributed by atoms with van der Waals surface area (Å²) >= 11 is 0. The van der Waals surface area contributed by atoms with E-state index in [0.717, 1.165) is 26.2 Å². The van der Waals surface area contributed by atoms with Gasteiger partial charge in [0.15, 0.2) is 0 Å². The fraction of sp³-hybridized carbons (Fsp3) is 0.538. The molecule has 0 aliphatic carbocycles. The van der Waals surface area contributed by atoms with Crippen molar-refractivity contribution in [2.75, 3.05) is 32.8 Å². The normalized spacial score (nSPS) is 18.2. The van der Waals surface area contributed by atoms with E-state index in [1.165, 1.54) is 12.1 Å². The van der Waals surface area contributed by atoms with Crippen molar-refractivity contribution >= 4 is 30.5 Å². The van der Waals surface area contributed by atoms with Crippen molar-refractivity contribution in [3.63, 3.8) is 0 Å². The molecule has 6 nitrogen and oxygen atoms in total. The van der Waals surface area contributed by atoms with Crippen LogP contribution in [0.15, 0.2) is 24.3 Å². The molecule has 0 amide bonds. The molecule has 0 unspecified atom stereocenters. The first kappa shape index (κ1) is 19.9. The summed E-state index contributed by atoms with van der Waals surface area (Å²) in [7, 11) is 0. The number of hydrogen-bond acceptors (Lipinski definition) is 5. The predicted molar refractivity (Wildman–Crippen MR) is 87.0 cm³/mol. The zero-order valence-corrected chi connectivity index (χ0v) is 13.5. The first-order valence-electron chi connectivity index (χ1n) is 6.48. The largest absolute Gasteiger partial charge is 0.492 e. The third-order valence-corrected chi connectivity index (χ3v) is 3.18. The molecule has 0 radical (unpaired) electrons. The van der Waals surface area contributed by atoms with Crippen LogP contribution >= 0.6 is 24.8 Å². The summed E-state index contributed by atoms with van der Waals surface area (Å²) in [5, 5.41) is 13.9. The van der Waals surface area contributed by atoms with Gasteiger partial charge in [0.05, 0.1) is 4.92 Å². The first-order valence-corrected chi connectivity index (χ1v) is 6.48. The summed E-state index contributed by atoms with van der Waals surface area (Å²) in [6.07, 6.45) is 0. The van der Waals surface area contributed by atoms with Gasteiger partial charge in [-0.25, -0.2) is 0 Å². The molecule has 1 heterocycles. The predicted octanol–water partition coefficient (Wildman–Crippen LogP) is 2.11. The molecule has 1 N–H and O–H groups in total. The van der Waals surface area contributed by atoms with Crippen molar-refractivity contribution in [2.24, 2.45) is 0 Å². The second-order valence-corrected chi connectivity index (χ2v) is 4.76. The van der Waals surface area contributed by atoms with Gasteiger partial charge in [0.25, 0.3) is 5.69 Å². The summed E-state index contributed by atoms with van der Waals surface area (Å²) in [5.41, 5.74) is 0.0864. The highest BCUT2D eigenvalue weighted by molar-refractivity contribution is 5.85. The summed E-state index contributed by atoms with van der Waals surface area (Å²) in [5.74, 6) is 0.675. The number of piperazine rings is 1. The van der Waals surface area contributed by atoms with Crippen molar-refractivity contribution in [2.45, 2.75) is 13.0 Å². The number of nitro groups is 1. The Balaban J connectivity index is 0.00000200. The number of nitrogens with zero attached hydrogens (tertiary/aromatic N) is 2. The molecule has 0 spiro atoms. The second kappa shape index (κ2) is 9.78. The molecule has 1 fully saturated rings. The lowest BCUT2D eigenvalue weighted by atomic mass is 10.2. The number of hydrogen-bond donors (Lipinski definition) is 1. The van der Waals surface area contributed by atoms with Gasteiger partial charge in [-0.1, -0.05) is 0 Å². The lowest BCUT2D eigenvalue weighted by Gasteiger charge is -2.31. The summed E-state index contributed by atoms with van der Waals surface area (Å²) in [6, 6.07) is 6.72. The molecule has 1 aliphatic heterocycles. The number of nitro benzene ring substituents is 1. The van der Waals surface area contributed by atoms with E-state index in [4.69, 9.17) is 4.74 Å². The molecule has 0 bridgehead atoms. The average Bonchev–Trinajstić information content (AvgIpc) is 2.39. The number of halogens is 2. The Hall–Kier alpha value is -1.08. The maximum Gasteiger partial charge on any atom is 0.269 e. The minimum atomic E-state index is -0.411. The number of benzene rings is 1. The van der Waals surface area contributed by atoms with Crippen LogP contribution in [0.1, 0.15) is 6.92 Å². The topological polar surface area (TPSA) is 67.6 Å². The Morgan fingerprint density at radius 2 is 2.05 bits per heavy atom. The van der Waals surface area contributed by atoms with Crippen LogP contribution < -0.4 is 10.1 Å². The van der Waals surface area contributed by atoms with Crippen LogP contribution in [0.3, 0.4) is 0 Å². The van der Waals surface area contributed by atoms with E-state index in [9.17, 15) is 10.1 Å². The fourth-order valence-electron chi connectivity index (χ4n) is 2.17. The number of non-ortho nitro benzene ring substituents is 1. The molecule has 120 valence electrons. The van der Waals surface area contributed by atoms with E-state index >= 15 is 0 Å². The molecule has 1 aromatic rings. The minimum Gasteiger partial charge on any atom is -0.492 e. The Morgan fingerprint density at radius 3 is 2.62 bits per heavy atom. The lowest BCUT2D eigenvalue weighted by Crippen LogP contribution is -2.50. The van der Waals surface area contributed by atoms with Gasteiger partial charge in [0, 0.05) is 44.4 Å². The summed E-state index contributed by atoms with van der Waals surface area (Å²) in [4.78, 5) is 12.5. The SMILES string of the molecule is C[C@H]1CN(CCOc2ccc([N+](=O)[O-])cc2)CCN1.Cl.Cl. The van der Waals surface area contributed by atoms with Gasteiger partial charge >= 0.3 is 0 Å². The number of rotatable bonds is 5. The first-order chi connectivity index (χ1) is 9.15. The maximum atomic E-state index is 10.5. The van der Waals surface area contributed by atoms with Crippen molar-refractivity contribution in [1.29, 1.82) is 0 Å². The van der Waals surface area contributed by atoms with E-state index in [1.807, 2.05) is 0 Å². The van der Waals surface area contributed by atoms with Crippen molar-refractivity contribution < 1.29 is 9.66 Å². The Kier molecular flexibility index (Phi) is 9.28. The molecule has 0 saturated carbocycles. The Labute approximate surface area is 136 Å². The van der Waals surface area contributed by atoms with Crippen molar-refractivity contribution in [1.82, 2.24) is 10.2 Å². The van der Waals surface area contributed by atoms with Crippen LogP contribution in [-0.4, -0.2) is 48.7 Å².